The molecule has 3 aromatic carbocycles. The lowest BCUT2D eigenvalue weighted by Crippen LogP contribution is -2.34. The Kier molecular flexibility index (Phi) is 6.63. The molecular formula is C30H25N7O3. The first-order valence-corrected chi connectivity index (χ1v) is 12.6. The van der Waals surface area contributed by atoms with E-state index in [1.807, 2.05) is 42.6 Å². The fourth-order valence-electron chi connectivity index (χ4n) is 4.51. The van der Waals surface area contributed by atoms with Crippen molar-refractivity contribution < 1.29 is 14.3 Å². The summed E-state index contributed by atoms with van der Waals surface area (Å²) in [5.74, 6) is 0.321. The minimum absolute atomic E-state index is 0.0720. The Balaban J connectivity index is 1.21. The number of hydrogen-bond acceptors (Lipinski definition) is 6. The summed E-state index contributed by atoms with van der Waals surface area (Å²) in [6.45, 7) is 0.0720. The Labute approximate surface area is 228 Å². The number of methoxy groups -OCH3 is 1. The number of nitrogens with one attached hydrogen (secondary N) is 4. The molecule has 0 saturated carbocycles. The van der Waals surface area contributed by atoms with E-state index in [1.165, 1.54) is 0 Å². The lowest BCUT2D eigenvalue weighted by molar-refractivity contribution is -0.117. The first kappa shape index (κ1) is 24.8. The second-order valence-electron chi connectivity index (χ2n) is 9.20. The van der Waals surface area contributed by atoms with E-state index in [0.29, 0.717) is 34.3 Å². The predicted octanol–water partition coefficient (Wildman–Crippen LogP) is 4.66. The SMILES string of the molecule is COc1ccc(C(CNC(=O)c2ccc3[nH]c(-c4cc5ccccc5cn4)nc3c2)C(=O)Nc2ncc[nH]2)cc1. The fourth-order valence-corrected chi connectivity index (χ4v) is 4.51. The molecule has 3 aromatic heterocycles. The number of hydrogen-bond donors (Lipinski definition) is 4. The van der Waals surface area contributed by atoms with Gasteiger partial charge in [-0.25, -0.2) is 9.97 Å². The molecule has 3 heterocycles. The van der Waals surface area contributed by atoms with Gasteiger partial charge in [0.05, 0.1) is 24.1 Å². The number of aromatic nitrogens is 5. The topological polar surface area (TPSA) is 138 Å². The van der Waals surface area contributed by atoms with Crippen LogP contribution in [-0.2, 0) is 4.79 Å². The van der Waals surface area contributed by atoms with Crippen molar-refractivity contribution in [3.05, 3.63) is 103 Å². The molecule has 1 atom stereocenters. The lowest BCUT2D eigenvalue weighted by Gasteiger charge is -2.18. The molecule has 4 N–H and O–H groups in total. The van der Waals surface area contributed by atoms with Gasteiger partial charge in [-0.3, -0.25) is 19.9 Å². The highest BCUT2D eigenvalue weighted by molar-refractivity contribution is 5.99. The summed E-state index contributed by atoms with van der Waals surface area (Å²) >= 11 is 0. The highest BCUT2D eigenvalue weighted by Crippen LogP contribution is 2.24. The number of fused-ring (bicyclic) bond motifs is 2. The number of rotatable bonds is 8. The van der Waals surface area contributed by atoms with Crippen molar-refractivity contribution in [1.29, 1.82) is 0 Å². The van der Waals surface area contributed by atoms with Crippen molar-refractivity contribution in [2.75, 3.05) is 19.0 Å². The third-order valence-corrected chi connectivity index (χ3v) is 6.66. The van der Waals surface area contributed by atoms with Crippen molar-refractivity contribution >= 4 is 39.6 Å². The van der Waals surface area contributed by atoms with Gasteiger partial charge in [0.2, 0.25) is 11.9 Å². The molecule has 10 nitrogen and oxygen atoms in total. The summed E-state index contributed by atoms with van der Waals surface area (Å²) in [7, 11) is 1.58. The van der Waals surface area contributed by atoms with Crippen LogP contribution >= 0.6 is 0 Å². The lowest BCUT2D eigenvalue weighted by atomic mass is 9.97. The monoisotopic (exact) mass is 531 g/mol. The number of pyridine rings is 1. The van der Waals surface area contributed by atoms with E-state index < -0.39 is 5.92 Å². The molecule has 6 aromatic rings. The quantitative estimate of drug-likeness (QED) is 0.225. The molecule has 0 radical (unpaired) electrons. The second kappa shape index (κ2) is 10.7. The van der Waals surface area contributed by atoms with E-state index in [0.717, 1.165) is 21.9 Å². The van der Waals surface area contributed by atoms with Crippen molar-refractivity contribution in [2.45, 2.75) is 5.92 Å². The zero-order valence-electron chi connectivity index (χ0n) is 21.5. The van der Waals surface area contributed by atoms with Gasteiger partial charge in [-0.15, -0.1) is 0 Å². The van der Waals surface area contributed by atoms with E-state index in [4.69, 9.17) is 4.74 Å². The average Bonchev–Trinajstić information content (AvgIpc) is 3.67. The van der Waals surface area contributed by atoms with Crippen LogP contribution in [0.1, 0.15) is 21.8 Å². The molecule has 1 unspecified atom stereocenters. The smallest absolute Gasteiger partial charge is 0.251 e. The predicted molar refractivity (Wildman–Crippen MR) is 152 cm³/mol. The van der Waals surface area contributed by atoms with E-state index >= 15 is 0 Å². The van der Waals surface area contributed by atoms with Gasteiger partial charge in [0.25, 0.3) is 5.91 Å². The summed E-state index contributed by atoms with van der Waals surface area (Å²) in [5, 5.41) is 7.77. The van der Waals surface area contributed by atoms with Gasteiger partial charge in [0, 0.05) is 36.1 Å². The minimum atomic E-state index is -0.667. The molecule has 0 aliphatic rings. The number of amides is 2. The molecule has 0 saturated heterocycles. The first-order chi connectivity index (χ1) is 19.6. The van der Waals surface area contributed by atoms with Crippen LogP contribution in [0.2, 0.25) is 0 Å². The maximum atomic E-state index is 13.2. The summed E-state index contributed by atoms with van der Waals surface area (Å²) in [4.78, 5) is 45.7. The number of H-pyrrole nitrogens is 2. The summed E-state index contributed by atoms with van der Waals surface area (Å²) < 4.78 is 5.24. The standard InChI is InChI=1S/C30H25N7O3/c1-40-22-9-6-18(7-10-22)23(29(39)37-30-31-12-13-32-30)17-34-28(38)20-8-11-24-25(15-20)36-27(35-24)26-14-19-4-2-3-5-21(19)16-33-26/h2-16,23H,17H2,1H3,(H,34,38)(H,35,36)(H2,31,32,37,39). The molecule has 10 heteroatoms. The molecule has 0 aliphatic heterocycles. The van der Waals surface area contributed by atoms with Crippen LogP contribution in [0.4, 0.5) is 5.95 Å². The molecule has 198 valence electrons. The normalized spacial score (nSPS) is 11.8. The third-order valence-electron chi connectivity index (χ3n) is 6.66. The molecule has 2 amide bonds. The molecule has 0 bridgehead atoms. The maximum Gasteiger partial charge on any atom is 0.251 e. The van der Waals surface area contributed by atoms with Gasteiger partial charge in [-0.2, -0.15) is 0 Å². The van der Waals surface area contributed by atoms with Gasteiger partial charge >= 0.3 is 0 Å². The van der Waals surface area contributed by atoms with Gasteiger partial charge in [-0.1, -0.05) is 36.4 Å². The van der Waals surface area contributed by atoms with Crippen LogP contribution in [-0.4, -0.2) is 50.4 Å². The van der Waals surface area contributed by atoms with Crippen molar-refractivity contribution in [2.24, 2.45) is 0 Å². The van der Waals surface area contributed by atoms with Gasteiger partial charge < -0.3 is 20.0 Å². The number of aromatic amines is 2. The molecule has 0 aliphatic carbocycles. The van der Waals surface area contributed by atoms with Crippen molar-refractivity contribution in [3.8, 4) is 17.3 Å². The molecule has 6 rings (SSSR count). The van der Waals surface area contributed by atoms with Crippen LogP contribution in [0.25, 0.3) is 33.3 Å². The Morgan fingerprint density at radius 1 is 0.975 bits per heavy atom. The molecular weight excluding hydrogens is 506 g/mol. The maximum absolute atomic E-state index is 13.2. The van der Waals surface area contributed by atoms with Crippen molar-refractivity contribution in [3.63, 3.8) is 0 Å². The van der Waals surface area contributed by atoms with Crippen LogP contribution in [0.15, 0.2) is 91.4 Å². The van der Waals surface area contributed by atoms with Crippen LogP contribution < -0.4 is 15.4 Å². The average molecular weight is 532 g/mol. The second-order valence-corrected chi connectivity index (χ2v) is 9.20. The number of benzene rings is 3. The van der Waals surface area contributed by atoms with Gasteiger partial charge in [0.1, 0.15) is 11.4 Å². The first-order valence-electron chi connectivity index (χ1n) is 12.6. The van der Waals surface area contributed by atoms with E-state index in [1.54, 1.807) is 55.9 Å². The molecule has 0 fully saturated rings. The largest absolute Gasteiger partial charge is 0.497 e. The number of carbonyl (C=O) groups excluding carboxylic acids is 2. The van der Waals surface area contributed by atoms with Crippen LogP contribution in [0.3, 0.4) is 0 Å². The highest BCUT2D eigenvalue weighted by atomic mass is 16.5. The zero-order chi connectivity index (χ0) is 27.5. The Morgan fingerprint density at radius 3 is 2.58 bits per heavy atom. The summed E-state index contributed by atoms with van der Waals surface area (Å²) in [5.41, 5.74) is 3.29. The number of nitrogens with zero attached hydrogens (tertiary/aromatic N) is 3. The number of carbonyl (C=O) groups is 2. The van der Waals surface area contributed by atoms with E-state index in [9.17, 15) is 9.59 Å². The van der Waals surface area contributed by atoms with Gasteiger partial charge in [0.15, 0.2) is 5.82 Å². The van der Waals surface area contributed by atoms with Crippen LogP contribution in [0, 0.1) is 0 Å². The highest BCUT2D eigenvalue weighted by Gasteiger charge is 2.23. The summed E-state index contributed by atoms with van der Waals surface area (Å²) in [6.07, 6.45) is 4.98. The van der Waals surface area contributed by atoms with E-state index in [-0.39, 0.29) is 18.4 Å². The summed E-state index contributed by atoms with van der Waals surface area (Å²) in [6, 6.07) is 22.4. The van der Waals surface area contributed by atoms with Crippen molar-refractivity contribution in [1.82, 2.24) is 30.2 Å². The minimum Gasteiger partial charge on any atom is -0.497 e. The number of ether oxygens (including phenoxy) is 1. The molecule has 40 heavy (non-hydrogen) atoms. The molecule has 0 spiro atoms. The van der Waals surface area contributed by atoms with Crippen LogP contribution in [0.5, 0.6) is 5.75 Å². The Hall–Kier alpha value is -5.51. The third kappa shape index (κ3) is 5.10. The van der Waals surface area contributed by atoms with Gasteiger partial charge in [-0.05, 0) is 47.3 Å². The Bertz CT molecular complexity index is 1810. The fraction of sp³-hybridized carbons (Fsp3) is 0.100. The number of imidazole rings is 2. The van der Waals surface area contributed by atoms with E-state index in [2.05, 4.69) is 35.6 Å². The zero-order valence-corrected chi connectivity index (χ0v) is 21.5. The number of anilines is 1. The Morgan fingerprint density at radius 2 is 1.80 bits per heavy atom.